The summed E-state index contributed by atoms with van der Waals surface area (Å²) < 4.78 is 28.3. The Bertz CT molecular complexity index is 687. The number of nitrogens with one attached hydrogen (secondary N) is 1. The van der Waals surface area contributed by atoms with Gasteiger partial charge in [0.1, 0.15) is 6.10 Å². The molecule has 1 N–H and O–H groups in total. The third kappa shape index (κ3) is 2.18. The van der Waals surface area contributed by atoms with Gasteiger partial charge in [0.05, 0.1) is 0 Å². The number of H-pyrrole nitrogens is 1. The van der Waals surface area contributed by atoms with Gasteiger partial charge >= 0.3 is 5.69 Å². The molecule has 1 aromatic rings. The van der Waals surface area contributed by atoms with Gasteiger partial charge in [-0.05, 0) is 20.3 Å². The molecular formula is C13H16FIN2O4. The molecule has 2 heterocycles. The van der Waals surface area contributed by atoms with E-state index in [1.165, 1.54) is 16.8 Å². The highest BCUT2D eigenvalue weighted by Crippen LogP contribution is 2.55. The Morgan fingerprint density at radius 2 is 2.19 bits per heavy atom. The fraction of sp³-hybridized carbons (Fsp3) is 0.692. The van der Waals surface area contributed by atoms with Crippen molar-refractivity contribution < 1.29 is 13.9 Å². The van der Waals surface area contributed by atoms with Crippen molar-refractivity contribution in [1.29, 1.82) is 0 Å². The maximum atomic E-state index is 15.1. The zero-order chi connectivity index (χ0) is 15.5. The van der Waals surface area contributed by atoms with Crippen molar-refractivity contribution in [2.24, 2.45) is 0 Å². The third-order valence-electron chi connectivity index (χ3n) is 4.06. The SMILES string of the molecule is CC1(C)O[C@@H]2[C@@](F)(CI)CC[C@@]2(n2ccc(=O)[nH]c2=O)O1. The van der Waals surface area contributed by atoms with Crippen molar-refractivity contribution in [2.45, 2.75) is 50.0 Å². The normalized spacial score (nSPS) is 37.6. The van der Waals surface area contributed by atoms with Gasteiger partial charge in [-0.25, -0.2) is 9.18 Å². The molecule has 1 saturated heterocycles. The highest BCUT2D eigenvalue weighted by Gasteiger charge is 2.67. The predicted octanol–water partition coefficient (Wildman–Crippen LogP) is 1.28. The molecule has 0 aromatic carbocycles. The Morgan fingerprint density at radius 1 is 1.48 bits per heavy atom. The Balaban J connectivity index is 2.17. The van der Waals surface area contributed by atoms with Crippen LogP contribution in [0.25, 0.3) is 0 Å². The second-order valence-corrected chi connectivity index (χ2v) is 6.76. The Hall–Kier alpha value is -0.740. The molecule has 2 fully saturated rings. The van der Waals surface area contributed by atoms with Gasteiger partial charge in [0.2, 0.25) is 0 Å². The molecule has 0 spiro atoms. The van der Waals surface area contributed by atoms with E-state index in [1.807, 2.05) is 22.6 Å². The Morgan fingerprint density at radius 3 is 2.81 bits per heavy atom. The lowest BCUT2D eigenvalue weighted by Gasteiger charge is -2.31. The van der Waals surface area contributed by atoms with Crippen LogP contribution in [0.15, 0.2) is 21.9 Å². The number of ether oxygens (including phenoxy) is 2. The lowest BCUT2D eigenvalue weighted by Crippen LogP contribution is -2.51. The van der Waals surface area contributed by atoms with Crippen LogP contribution >= 0.6 is 22.6 Å². The molecule has 1 saturated carbocycles. The van der Waals surface area contributed by atoms with Gasteiger partial charge < -0.3 is 9.47 Å². The molecule has 0 radical (unpaired) electrons. The van der Waals surface area contributed by atoms with Crippen molar-refractivity contribution in [2.75, 3.05) is 4.43 Å². The second-order valence-electron chi connectivity index (χ2n) is 5.99. The average Bonchev–Trinajstić information content (AvgIpc) is 2.81. The second kappa shape index (κ2) is 4.63. The standard InChI is InChI=1S/C13H16FIN2O4/c1-11(2)20-9-12(14,7-15)4-5-13(9,21-11)17-6-3-8(18)16-10(17)19/h3,6,9H,4-5,7H2,1-2H3,(H,16,18,19)/t9-,12+,13-/m1/s1. The van der Waals surface area contributed by atoms with Crippen LogP contribution < -0.4 is 11.2 Å². The maximum absolute atomic E-state index is 15.1. The fourth-order valence-corrected chi connectivity index (χ4v) is 4.02. The molecule has 116 valence electrons. The van der Waals surface area contributed by atoms with Crippen LogP contribution in [0.2, 0.25) is 0 Å². The van der Waals surface area contributed by atoms with Crippen LogP contribution in [0.1, 0.15) is 26.7 Å². The molecule has 1 aromatic heterocycles. The monoisotopic (exact) mass is 410 g/mol. The summed E-state index contributed by atoms with van der Waals surface area (Å²) in [6, 6.07) is 1.23. The van der Waals surface area contributed by atoms with Gasteiger partial charge in [-0.1, -0.05) is 22.6 Å². The molecule has 1 aliphatic heterocycles. The van der Waals surface area contributed by atoms with Crippen molar-refractivity contribution in [3.63, 3.8) is 0 Å². The number of fused-ring (bicyclic) bond motifs is 1. The molecule has 6 nitrogen and oxygen atoms in total. The predicted molar refractivity (Wildman–Crippen MR) is 81.3 cm³/mol. The van der Waals surface area contributed by atoms with Gasteiger partial charge in [0.15, 0.2) is 17.2 Å². The van der Waals surface area contributed by atoms with Crippen LogP contribution in [-0.2, 0) is 15.2 Å². The first kappa shape index (κ1) is 15.2. The summed E-state index contributed by atoms with van der Waals surface area (Å²) in [6.07, 6.45) is 1.01. The quantitative estimate of drug-likeness (QED) is 0.589. The zero-order valence-corrected chi connectivity index (χ0v) is 13.8. The van der Waals surface area contributed by atoms with E-state index in [0.717, 1.165) is 0 Å². The van der Waals surface area contributed by atoms with Crippen molar-refractivity contribution in [3.8, 4) is 0 Å². The number of rotatable bonds is 2. The molecule has 1 aliphatic carbocycles. The van der Waals surface area contributed by atoms with Crippen molar-refractivity contribution >= 4 is 22.6 Å². The molecule has 21 heavy (non-hydrogen) atoms. The molecule has 3 atom stereocenters. The summed E-state index contributed by atoms with van der Waals surface area (Å²) in [7, 11) is 0. The first-order chi connectivity index (χ1) is 9.72. The molecule has 8 heteroatoms. The fourth-order valence-electron chi connectivity index (χ4n) is 3.24. The van der Waals surface area contributed by atoms with E-state index < -0.39 is 34.5 Å². The van der Waals surface area contributed by atoms with E-state index in [1.54, 1.807) is 13.8 Å². The number of nitrogens with zero attached hydrogens (tertiary/aromatic N) is 1. The molecule has 0 unspecified atom stereocenters. The Kier molecular flexibility index (Phi) is 3.34. The van der Waals surface area contributed by atoms with E-state index in [0.29, 0.717) is 6.42 Å². The number of aromatic amines is 1. The first-order valence-corrected chi connectivity index (χ1v) is 8.20. The lowest BCUT2D eigenvalue weighted by molar-refractivity contribution is -0.191. The molecule has 3 rings (SSSR count). The lowest BCUT2D eigenvalue weighted by atomic mass is 10.0. The highest BCUT2D eigenvalue weighted by molar-refractivity contribution is 14.1. The van der Waals surface area contributed by atoms with Crippen LogP contribution in [0, 0.1) is 0 Å². The summed E-state index contributed by atoms with van der Waals surface area (Å²) in [6.45, 7) is 3.38. The minimum Gasteiger partial charge on any atom is -0.339 e. The van der Waals surface area contributed by atoms with Crippen LogP contribution in [0.4, 0.5) is 4.39 Å². The number of aromatic nitrogens is 2. The van der Waals surface area contributed by atoms with Gasteiger partial charge in [-0.3, -0.25) is 14.3 Å². The topological polar surface area (TPSA) is 73.3 Å². The van der Waals surface area contributed by atoms with Crippen molar-refractivity contribution in [1.82, 2.24) is 9.55 Å². The van der Waals surface area contributed by atoms with E-state index in [2.05, 4.69) is 4.98 Å². The highest BCUT2D eigenvalue weighted by atomic mass is 127. The number of halogens is 2. The van der Waals surface area contributed by atoms with Gasteiger partial charge in [0, 0.05) is 23.1 Å². The van der Waals surface area contributed by atoms with E-state index in [9.17, 15) is 9.59 Å². The van der Waals surface area contributed by atoms with Crippen LogP contribution in [0.3, 0.4) is 0 Å². The van der Waals surface area contributed by atoms with E-state index in [4.69, 9.17) is 9.47 Å². The van der Waals surface area contributed by atoms with Gasteiger partial charge in [0.25, 0.3) is 5.56 Å². The minimum atomic E-state index is -1.57. The number of alkyl halides is 2. The molecular weight excluding hydrogens is 394 g/mol. The minimum absolute atomic E-state index is 0.238. The van der Waals surface area contributed by atoms with E-state index >= 15 is 4.39 Å². The van der Waals surface area contributed by atoms with Crippen LogP contribution in [-0.4, -0.2) is 31.5 Å². The first-order valence-electron chi connectivity index (χ1n) is 6.68. The summed E-state index contributed by atoms with van der Waals surface area (Å²) in [5, 5.41) is 0. The summed E-state index contributed by atoms with van der Waals surface area (Å²) in [5.41, 5.74) is -3.90. The van der Waals surface area contributed by atoms with Crippen molar-refractivity contribution in [3.05, 3.63) is 33.1 Å². The third-order valence-corrected chi connectivity index (χ3v) is 5.32. The number of hydrogen-bond donors (Lipinski definition) is 1. The van der Waals surface area contributed by atoms with Gasteiger partial charge in [-0.15, -0.1) is 0 Å². The summed E-state index contributed by atoms with van der Waals surface area (Å²) in [5.74, 6) is -0.996. The average molecular weight is 410 g/mol. The molecule has 0 amide bonds. The zero-order valence-electron chi connectivity index (χ0n) is 11.7. The molecule has 0 bridgehead atoms. The summed E-state index contributed by atoms with van der Waals surface area (Å²) in [4.78, 5) is 25.6. The van der Waals surface area contributed by atoms with E-state index in [-0.39, 0.29) is 10.8 Å². The molecule has 2 aliphatic rings. The van der Waals surface area contributed by atoms with Crippen LogP contribution in [0.5, 0.6) is 0 Å². The maximum Gasteiger partial charge on any atom is 0.330 e. The smallest absolute Gasteiger partial charge is 0.330 e. The van der Waals surface area contributed by atoms with Gasteiger partial charge in [-0.2, -0.15) is 0 Å². The largest absolute Gasteiger partial charge is 0.339 e. The number of hydrogen-bond acceptors (Lipinski definition) is 4. The summed E-state index contributed by atoms with van der Waals surface area (Å²) >= 11 is 1.98. The Labute approximate surface area is 133 Å².